The molecule has 7 nitrogen and oxygen atoms in total. The lowest BCUT2D eigenvalue weighted by atomic mass is 10.1. The molecule has 24 heavy (non-hydrogen) atoms. The molecule has 0 amide bonds. The fraction of sp³-hybridized carbons (Fsp3) is 0.533. The number of carboxylic acid groups (broad SMARTS) is 1. The van der Waals surface area contributed by atoms with Crippen molar-refractivity contribution in [3.05, 3.63) is 23.2 Å². The summed E-state index contributed by atoms with van der Waals surface area (Å²) in [5.41, 5.74) is 0. The van der Waals surface area contributed by atoms with E-state index in [1.807, 2.05) is 0 Å². The van der Waals surface area contributed by atoms with Gasteiger partial charge in [-0.05, 0) is 32.0 Å². The fourth-order valence-corrected chi connectivity index (χ4v) is 4.77. The third-order valence-electron chi connectivity index (χ3n) is 4.19. The summed E-state index contributed by atoms with van der Waals surface area (Å²) < 4.78 is 32.1. The molecule has 9 heteroatoms. The van der Waals surface area contributed by atoms with E-state index in [0.29, 0.717) is 31.7 Å². The summed E-state index contributed by atoms with van der Waals surface area (Å²) in [5.74, 6) is -0.468. The van der Waals surface area contributed by atoms with Gasteiger partial charge in [-0.15, -0.1) is 0 Å². The maximum Gasteiger partial charge on any atom is 0.317 e. The molecule has 1 fully saturated rings. The van der Waals surface area contributed by atoms with Gasteiger partial charge in [0.15, 0.2) is 0 Å². The molecule has 1 aromatic rings. The molecule has 1 aromatic carbocycles. The van der Waals surface area contributed by atoms with Crippen molar-refractivity contribution in [1.82, 2.24) is 9.21 Å². The molecule has 1 N–H and O–H groups in total. The van der Waals surface area contributed by atoms with Crippen LogP contribution in [0.4, 0.5) is 0 Å². The van der Waals surface area contributed by atoms with Gasteiger partial charge in [0.25, 0.3) is 0 Å². The Morgan fingerprint density at radius 1 is 1.42 bits per heavy atom. The van der Waals surface area contributed by atoms with Crippen LogP contribution in [-0.2, 0) is 14.8 Å². The minimum absolute atomic E-state index is 0.0286. The first kappa shape index (κ1) is 19.0. The van der Waals surface area contributed by atoms with Crippen molar-refractivity contribution in [3.8, 4) is 5.75 Å². The molecule has 1 aliphatic heterocycles. The zero-order valence-corrected chi connectivity index (χ0v) is 15.2. The van der Waals surface area contributed by atoms with E-state index < -0.39 is 16.0 Å². The van der Waals surface area contributed by atoms with E-state index in [-0.39, 0.29) is 22.5 Å². The number of aliphatic carboxylic acids is 1. The van der Waals surface area contributed by atoms with Gasteiger partial charge in [-0.3, -0.25) is 9.69 Å². The number of hydrogen-bond donors (Lipinski definition) is 1. The zero-order valence-electron chi connectivity index (χ0n) is 13.6. The van der Waals surface area contributed by atoms with E-state index in [0.717, 1.165) is 0 Å². The van der Waals surface area contributed by atoms with Crippen molar-refractivity contribution in [2.75, 3.05) is 33.8 Å². The molecule has 0 atom stereocenters. The van der Waals surface area contributed by atoms with Gasteiger partial charge in [0, 0.05) is 25.2 Å². The van der Waals surface area contributed by atoms with Crippen molar-refractivity contribution in [2.24, 2.45) is 0 Å². The van der Waals surface area contributed by atoms with Gasteiger partial charge in [-0.1, -0.05) is 11.6 Å². The Balaban J connectivity index is 2.12. The Hall–Kier alpha value is -1.35. The number of carboxylic acids is 1. The van der Waals surface area contributed by atoms with Gasteiger partial charge in [-0.25, -0.2) is 8.42 Å². The topological polar surface area (TPSA) is 87.2 Å². The number of nitrogens with zero attached hydrogens (tertiary/aromatic N) is 2. The van der Waals surface area contributed by atoms with Gasteiger partial charge in [0.2, 0.25) is 10.0 Å². The van der Waals surface area contributed by atoms with Gasteiger partial charge in [0.05, 0.1) is 18.7 Å². The number of rotatable bonds is 6. The van der Waals surface area contributed by atoms with E-state index in [1.165, 1.54) is 23.5 Å². The minimum Gasteiger partial charge on any atom is -0.497 e. The highest BCUT2D eigenvalue weighted by Crippen LogP contribution is 2.30. The molecule has 0 radical (unpaired) electrons. The maximum absolute atomic E-state index is 12.8. The number of likely N-dealkylation sites (N-methyl/N-ethyl adjacent to an activating group) is 1. The predicted octanol–water partition coefficient (Wildman–Crippen LogP) is 1.52. The van der Waals surface area contributed by atoms with Crippen LogP contribution < -0.4 is 4.74 Å². The molecule has 0 aliphatic carbocycles. The molecule has 1 aliphatic rings. The number of ether oxygens (including phenoxy) is 1. The first-order valence-corrected chi connectivity index (χ1v) is 9.33. The standard InChI is InChI=1S/C15H21ClN2O5S/c1-17(10-15(19)20)11-5-7-18(8-6-11)24(21,22)14-9-12(23-2)3-4-13(14)16/h3-4,9,11H,5-8,10H2,1-2H3,(H,19,20). The lowest BCUT2D eigenvalue weighted by Crippen LogP contribution is -2.46. The molecule has 134 valence electrons. The molecular formula is C15H21ClN2O5S. The van der Waals surface area contributed by atoms with Crippen LogP contribution in [0, 0.1) is 0 Å². The van der Waals surface area contributed by atoms with Crippen molar-refractivity contribution >= 4 is 27.6 Å². The molecule has 0 spiro atoms. The van der Waals surface area contributed by atoms with Crippen molar-refractivity contribution in [2.45, 2.75) is 23.8 Å². The van der Waals surface area contributed by atoms with Gasteiger partial charge in [-0.2, -0.15) is 4.31 Å². The average molecular weight is 377 g/mol. The Bertz CT molecular complexity index is 702. The molecule has 0 bridgehead atoms. The lowest BCUT2D eigenvalue weighted by Gasteiger charge is -2.35. The van der Waals surface area contributed by atoms with Crippen LogP contribution in [-0.4, -0.2) is 68.5 Å². The molecular weight excluding hydrogens is 356 g/mol. The predicted molar refractivity (Wildman–Crippen MR) is 90.1 cm³/mol. The Morgan fingerprint density at radius 2 is 2.04 bits per heavy atom. The summed E-state index contributed by atoms with van der Waals surface area (Å²) in [5, 5.41) is 9.00. The van der Waals surface area contributed by atoms with Crippen LogP contribution in [0.1, 0.15) is 12.8 Å². The highest BCUT2D eigenvalue weighted by atomic mass is 35.5. The third-order valence-corrected chi connectivity index (χ3v) is 6.57. The number of hydrogen-bond acceptors (Lipinski definition) is 5. The van der Waals surface area contributed by atoms with Crippen LogP contribution in [0.5, 0.6) is 5.75 Å². The van der Waals surface area contributed by atoms with Crippen LogP contribution in [0.15, 0.2) is 23.1 Å². The molecule has 1 heterocycles. The number of methoxy groups -OCH3 is 1. The SMILES string of the molecule is COc1ccc(Cl)c(S(=O)(=O)N2CCC(N(C)CC(=O)O)CC2)c1. The quantitative estimate of drug-likeness (QED) is 0.809. The summed E-state index contributed by atoms with van der Waals surface area (Å²) in [7, 11) is -0.511. The largest absolute Gasteiger partial charge is 0.497 e. The second kappa shape index (κ2) is 7.69. The van der Waals surface area contributed by atoms with Crippen LogP contribution in [0.3, 0.4) is 0 Å². The van der Waals surface area contributed by atoms with Crippen molar-refractivity contribution < 1.29 is 23.1 Å². The number of halogens is 1. The van der Waals surface area contributed by atoms with E-state index in [4.69, 9.17) is 21.4 Å². The molecule has 0 aromatic heterocycles. The second-order valence-corrected chi connectivity index (χ2v) is 8.05. The second-order valence-electron chi connectivity index (χ2n) is 5.74. The highest BCUT2D eigenvalue weighted by Gasteiger charge is 2.32. The number of carbonyl (C=O) groups is 1. The minimum atomic E-state index is -3.71. The molecule has 0 saturated carbocycles. The third kappa shape index (κ3) is 4.18. The summed E-state index contributed by atoms with van der Waals surface area (Å²) in [6.07, 6.45) is 1.15. The Kier molecular flexibility index (Phi) is 6.08. The van der Waals surface area contributed by atoms with Crippen molar-refractivity contribution in [1.29, 1.82) is 0 Å². The van der Waals surface area contributed by atoms with Gasteiger partial charge in [0.1, 0.15) is 10.6 Å². The summed E-state index contributed by atoms with van der Waals surface area (Å²) in [6.45, 7) is 0.591. The van der Waals surface area contributed by atoms with E-state index in [9.17, 15) is 13.2 Å². The maximum atomic E-state index is 12.8. The van der Waals surface area contributed by atoms with E-state index >= 15 is 0 Å². The summed E-state index contributed by atoms with van der Waals surface area (Å²) in [6, 6.07) is 4.57. The zero-order chi connectivity index (χ0) is 17.9. The molecule has 2 rings (SSSR count). The van der Waals surface area contributed by atoms with E-state index in [2.05, 4.69) is 0 Å². The Labute approximate surface area is 146 Å². The van der Waals surface area contributed by atoms with Gasteiger partial charge >= 0.3 is 5.97 Å². The normalized spacial score (nSPS) is 17.2. The van der Waals surface area contributed by atoms with Crippen molar-refractivity contribution in [3.63, 3.8) is 0 Å². The van der Waals surface area contributed by atoms with Crippen LogP contribution in [0.25, 0.3) is 0 Å². The molecule has 0 unspecified atom stereocenters. The smallest absolute Gasteiger partial charge is 0.317 e. The van der Waals surface area contributed by atoms with Crippen LogP contribution in [0.2, 0.25) is 5.02 Å². The first-order chi connectivity index (χ1) is 11.3. The van der Waals surface area contributed by atoms with Crippen LogP contribution >= 0.6 is 11.6 Å². The number of sulfonamides is 1. The van der Waals surface area contributed by atoms with E-state index in [1.54, 1.807) is 18.0 Å². The Morgan fingerprint density at radius 3 is 2.58 bits per heavy atom. The van der Waals surface area contributed by atoms with Gasteiger partial charge < -0.3 is 9.84 Å². The monoisotopic (exact) mass is 376 g/mol. The average Bonchev–Trinajstić information content (AvgIpc) is 2.54. The number of piperidine rings is 1. The fourth-order valence-electron chi connectivity index (χ4n) is 2.81. The highest BCUT2D eigenvalue weighted by molar-refractivity contribution is 7.89. The lowest BCUT2D eigenvalue weighted by molar-refractivity contribution is -0.138. The summed E-state index contributed by atoms with van der Waals surface area (Å²) in [4.78, 5) is 12.6. The number of benzene rings is 1. The summed E-state index contributed by atoms with van der Waals surface area (Å²) >= 11 is 6.06. The molecule has 1 saturated heterocycles. The first-order valence-electron chi connectivity index (χ1n) is 7.51.